The fourth-order valence-electron chi connectivity index (χ4n) is 5.16. The van der Waals surface area contributed by atoms with Crippen molar-refractivity contribution >= 4 is 17.3 Å². The summed E-state index contributed by atoms with van der Waals surface area (Å²) in [5.74, 6) is -0.527. The number of carbonyl (C=O) groups is 1. The Morgan fingerprint density at radius 1 is 1.00 bits per heavy atom. The summed E-state index contributed by atoms with van der Waals surface area (Å²) in [6.45, 7) is 4.28. The number of hydrogen-bond donors (Lipinski definition) is 3. The molecule has 5 nitrogen and oxygen atoms in total. The van der Waals surface area contributed by atoms with Crippen LogP contribution in [0.25, 0.3) is 11.1 Å². The number of rotatable bonds is 5. The smallest absolute Gasteiger partial charge is 0.255 e. The van der Waals surface area contributed by atoms with Crippen molar-refractivity contribution in [2.45, 2.75) is 37.8 Å². The van der Waals surface area contributed by atoms with Gasteiger partial charge in [-0.1, -0.05) is 30.3 Å². The number of hydrogen-bond acceptors (Lipinski definition) is 4. The van der Waals surface area contributed by atoms with Gasteiger partial charge in [0.05, 0.1) is 11.4 Å². The van der Waals surface area contributed by atoms with Gasteiger partial charge in [0.2, 0.25) is 0 Å². The number of likely N-dealkylation sites (tertiary alicyclic amines) is 1. The minimum absolute atomic E-state index is 0.220. The van der Waals surface area contributed by atoms with Crippen LogP contribution in [0.5, 0.6) is 0 Å². The molecule has 2 fully saturated rings. The predicted octanol–water partition coefficient (Wildman–Crippen LogP) is 5.05. The van der Waals surface area contributed by atoms with Gasteiger partial charge >= 0.3 is 0 Å². The SMILES string of the molecule is Nc1ccc(-c2cccc(F)c2)cc1NC(=O)c1ccc(CN2CCC3(CCCN3)CC2)cc1. The molecule has 3 aromatic rings. The molecule has 2 saturated heterocycles. The van der Waals surface area contributed by atoms with E-state index >= 15 is 0 Å². The summed E-state index contributed by atoms with van der Waals surface area (Å²) in [4.78, 5) is 15.4. The van der Waals surface area contributed by atoms with Crippen LogP contribution in [0, 0.1) is 5.82 Å². The molecule has 2 aliphatic heterocycles. The van der Waals surface area contributed by atoms with Gasteiger partial charge in [0.1, 0.15) is 5.82 Å². The molecule has 5 rings (SSSR count). The second-order valence-corrected chi connectivity index (χ2v) is 9.55. The summed E-state index contributed by atoms with van der Waals surface area (Å²) in [5.41, 5.74) is 10.8. The highest BCUT2D eigenvalue weighted by atomic mass is 19.1. The van der Waals surface area contributed by atoms with E-state index in [9.17, 15) is 9.18 Å². The number of nitrogen functional groups attached to an aromatic ring is 1. The predicted molar refractivity (Wildman–Crippen MR) is 135 cm³/mol. The lowest BCUT2D eigenvalue weighted by molar-refractivity contribution is 0.102. The third kappa shape index (κ3) is 4.98. The van der Waals surface area contributed by atoms with Gasteiger partial charge in [-0.2, -0.15) is 0 Å². The zero-order valence-electron chi connectivity index (χ0n) is 19.3. The molecule has 3 aromatic carbocycles. The zero-order valence-corrected chi connectivity index (χ0v) is 19.3. The van der Waals surface area contributed by atoms with Crippen molar-refractivity contribution < 1.29 is 9.18 Å². The van der Waals surface area contributed by atoms with Gasteiger partial charge in [0, 0.05) is 30.7 Å². The Hall–Kier alpha value is -3.22. The molecule has 176 valence electrons. The van der Waals surface area contributed by atoms with E-state index in [1.807, 2.05) is 36.4 Å². The fourth-order valence-corrected chi connectivity index (χ4v) is 5.16. The van der Waals surface area contributed by atoms with Crippen molar-refractivity contribution in [3.05, 3.63) is 83.7 Å². The summed E-state index contributed by atoms with van der Waals surface area (Å²) in [6.07, 6.45) is 5.03. The van der Waals surface area contributed by atoms with E-state index in [1.165, 1.54) is 43.4 Å². The first-order chi connectivity index (χ1) is 16.5. The molecule has 1 spiro atoms. The van der Waals surface area contributed by atoms with Crippen LogP contribution in [-0.2, 0) is 6.54 Å². The number of nitrogens with one attached hydrogen (secondary N) is 2. The van der Waals surface area contributed by atoms with Crippen LogP contribution in [0.15, 0.2) is 66.7 Å². The maximum Gasteiger partial charge on any atom is 0.255 e. The monoisotopic (exact) mass is 458 g/mol. The van der Waals surface area contributed by atoms with E-state index in [2.05, 4.69) is 15.5 Å². The molecule has 0 atom stereocenters. The van der Waals surface area contributed by atoms with Crippen LogP contribution in [0.4, 0.5) is 15.8 Å². The highest BCUT2D eigenvalue weighted by Gasteiger charge is 2.36. The zero-order chi connectivity index (χ0) is 23.5. The molecule has 1 amide bonds. The first-order valence-corrected chi connectivity index (χ1v) is 12.0. The number of amides is 1. The highest BCUT2D eigenvalue weighted by Crippen LogP contribution is 2.31. The van der Waals surface area contributed by atoms with Gasteiger partial charge in [0.15, 0.2) is 0 Å². The van der Waals surface area contributed by atoms with Crippen molar-refractivity contribution in [2.75, 3.05) is 30.7 Å². The van der Waals surface area contributed by atoms with Crippen molar-refractivity contribution in [3.63, 3.8) is 0 Å². The Morgan fingerprint density at radius 3 is 2.47 bits per heavy atom. The van der Waals surface area contributed by atoms with E-state index < -0.39 is 0 Å². The minimum atomic E-state index is -0.306. The molecule has 2 aliphatic rings. The number of anilines is 2. The van der Waals surface area contributed by atoms with Crippen molar-refractivity contribution in [2.24, 2.45) is 0 Å². The molecule has 0 unspecified atom stereocenters. The standard InChI is InChI=1S/C28H31FN4O/c29-24-4-1-3-22(17-24)23-9-10-25(30)26(18-23)32-27(34)21-7-5-20(6-8-21)19-33-15-12-28(13-16-33)11-2-14-31-28/h1,3-10,17-18,31H,2,11-16,19,30H2,(H,32,34). The van der Waals surface area contributed by atoms with Crippen LogP contribution in [0.3, 0.4) is 0 Å². The van der Waals surface area contributed by atoms with Crippen LogP contribution < -0.4 is 16.4 Å². The number of nitrogens with zero attached hydrogens (tertiary/aromatic N) is 1. The van der Waals surface area contributed by atoms with E-state index in [4.69, 9.17) is 5.73 Å². The maximum atomic E-state index is 13.6. The van der Waals surface area contributed by atoms with Gasteiger partial charge in [-0.15, -0.1) is 0 Å². The molecule has 0 bridgehead atoms. The number of halogens is 1. The molecule has 0 radical (unpaired) electrons. The molecule has 2 heterocycles. The number of benzene rings is 3. The number of carbonyl (C=O) groups excluding carboxylic acids is 1. The summed E-state index contributed by atoms with van der Waals surface area (Å²) >= 11 is 0. The Labute approximate surface area is 200 Å². The average Bonchev–Trinajstić information content (AvgIpc) is 3.30. The van der Waals surface area contributed by atoms with Crippen LogP contribution in [0.2, 0.25) is 0 Å². The summed E-state index contributed by atoms with van der Waals surface area (Å²) in [7, 11) is 0. The van der Waals surface area contributed by atoms with Crippen molar-refractivity contribution in [3.8, 4) is 11.1 Å². The normalized spacial score (nSPS) is 17.7. The van der Waals surface area contributed by atoms with E-state index in [0.717, 1.165) is 37.3 Å². The van der Waals surface area contributed by atoms with Gasteiger partial charge in [-0.3, -0.25) is 9.69 Å². The lowest BCUT2D eigenvalue weighted by Crippen LogP contribution is -2.49. The molecule has 4 N–H and O–H groups in total. The third-order valence-electron chi connectivity index (χ3n) is 7.23. The first-order valence-electron chi connectivity index (χ1n) is 12.0. The molecule has 0 aliphatic carbocycles. The highest BCUT2D eigenvalue weighted by molar-refractivity contribution is 6.06. The Morgan fingerprint density at radius 2 is 1.76 bits per heavy atom. The van der Waals surface area contributed by atoms with Gasteiger partial charge < -0.3 is 16.4 Å². The van der Waals surface area contributed by atoms with E-state index in [0.29, 0.717) is 22.5 Å². The van der Waals surface area contributed by atoms with E-state index in [-0.39, 0.29) is 11.7 Å². The molecule has 0 aromatic heterocycles. The number of nitrogens with two attached hydrogens (primary N) is 1. The Kier molecular flexibility index (Phi) is 6.35. The summed E-state index contributed by atoms with van der Waals surface area (Å²) in [6, 6.07) is 19.5. The maximum absolute atomic E-state index is 13.6. The van der Waals surface area contributed by atoms with Gasteiger partial charge in [-0.25, -0.2) is 4.39 Å². The van der Waals surface area contributed by atoms with Crippen LogP contribution in [-0.4, -0.2) is 36.0 Å². The third-order valence-corrected chi connectivity index (χ3v) is 7.23. The molecule has 0 saturated carbocycles. The second kappa shape index (κ2) is 9.57. The first kappa shape index (κ1) is 22.6. The summed E-state index contributed by atoms with van der Waals surface area (Å²) in [5, 5.41) is 6.62. The summed E-state index contributed by atoms with van der Waals surface area (Å²) < 4.78 is 13.6. The largest absolute Gasteiger partial charge is 0.397 e. The van der Waals surface area contributed by atoms with Crippen molar-refractivity contribution in [1.29, 1.82) is 0 Å². The lowest BCUT2D eigenvalue weighted by Gasteiger charge is -2.39. The number of piperidine rings is 1. The fraction of sp³-hybridized carbons (Fsp3) is 0.321. The van der Waals surface area contributed by atoms with E-state index in [1.54, 1.807) is 18.2 Å². The molecular weight excluding hydrogens is 427 g/mol. The quantitative estimate of drug-likeness (QED) is 0.468. The van der Waals surface area contributed by atoms with Crippen LogP contribution >= 0.6 is 0 Å². The minimum Gasteiger partial charge on any atom is -0.397 e. The molecule has 34 heavy (non-hydrogen) atoms. The van der Waals surface area contributed by atoms with Gasteiger partial charge in [0.25, 0.3) is 5.91 Å². The lowest BCUT2D eigenvalue weighted by atomic mass is 9.86. The van der Waals surface area contributed by atoms with Gasteiger partial charge in [-0.05, 0) is 85.3 Å². The topological polar surface area (TPSA) is 70.4 Å². The Balaban J connectivity index is 1.21. The van der Waals surface area contributed by atoms with Crippen LogP contribution in [0.1, 0.15) is 41.6 Å². The molecule has 6 heteroatoms. The Bertz CT molecular complexity index is 1160. The van der Waals surface area contributed by atoms with Crippen molar-refractivity contribution in [1.82, 2.24) is 10.2 Å². The second-order valence-electron chi connectivity index (χ2n) is 9.55. The average molecular weight is 459 g/mol. The molecular formula is C28H31FN4O.